The van der Waals surface area contributed by atoms with Gasteiger partial charge in [0.25, 0.3) is 0 Å². The van der Waals surface area contributed by atoms with Crippen molar-refractivity contribution in [3.8, 4) is 0 Å². The minimum absolute atomic E-state index is 0.399. The first-order valence-electron chi connectivity index (χ1n) is 6.02. The molecule has 0 unspecified atom stereocenters. The van der Waals surface area contributed by atoms with Crippen molar-refractivity contribution < 1.29 is 5.11 Å². The Labute approximate surface area is 82.0 Å². The maximum Gasteiger partial charge on any atom is 0.146 e. The summed E-state index contributed by atoms with van der Waals surface area (Å²) in [5.74, 6) is 2.05. The van der Waals surface area contributed by atoms with Crippen LogP contribution >= 0.6 is 0 Å². The molecule has 2 heteroatoms. The van der Waals surface area contributed by atoms with Crippen LogP contribution in [0.2, 0.25) is 18.0 Å². The summed E-state index contributed by atoms with van der Waals surface area (Å²) < 4.78 is 0. The van der Waals surface area contributed by atoms with Crippen LogP contribution in [0, 0.1) is 0 Å². The highest BCUT2D eigenvalue weighted by Gasteiger charge is 2.37. The molecule has 2 fully saturated rings. The normalized spacial score (nSPS) is 33.5. The van der Waals surface area contributed by atoms with Crippen LogP contribution in [0.5, 0.6) is 0 Å². The monoisotopic (exact) mass is 180 g/mol. The third kappa shape index (κ3) is 2.09. The summed E-state index contributed by atoms with van der Waals surface area (Å²) in [6.07, 6.45) is 11.2. The zero-order valence-electron chi connectivity index (χ0n) is 8.54. The van der Waals surface area contributed by atoms with Gasteiger partial charge in [-0.15, -0.1) is 0 Å². The molecule has 2 aliphatic heterocycles. The van der Waals surface area contributed by atoms with Crippen molar-refractivity contribution in [2.75, 3.05) is 6.61 Å². The number of hydrogen-bond donors (Lipinski definition) is 1. The second-order valence-electron chi connectivity index (χ2n) is 4.91. The molecule has 0 radical (unpaired) electrons. The molecule has 0 aromatic carbocycles. The highest BCUT2D eigenvalue weighted by Crippen LogP contribution is 2.47. The Morgan fingerprint density at radius 1 is 1.00 bits per heavy atom. The smallest absolute Gasteiger partial charge is 0.146 e. The Balaban J connectivity index is 1.90. The molecule has 2 rings (SSSR count). The number of aliphatic hydroxyl groups is 1. The van der Waals surface area contributed by atoms with E-state index in [1.54, 1.807) is 0 Å². The minimum Gasteiger partial charge on any atom is -0.396 e. The van der Waals surface area contributed by atoms with E-state index in [0.29, 0.717) is 6.61 Å². The summed E-state index contributed by atoms with van der Waals surface area (Å²) in [5.41, 5.74) is 0. The van der Waals surface area contributed by atoms with Crippen molar-refractivity contribution in [1.82, 2.24) is 0 Å². The third-order valence-electron chi connectivity index (χ3n) is 4.21. The summed E-state index contributed by atoms with van der Waals surface area (Å²) in [6, 6.07) is 0. The van der Waals surface area contributed by atoms with E-state index in [1.165, 1.54) is 44.8 Å². The van der Waals surface area contributed by atoms with Crippen molar-refractivity contribution >= 4 is 6.71 Å². The Bertz CT molecular complexity index is 138. The molecular weight excluding hydrogens is 159 g/mol. The fourth-order valence-corrected chi connectivity index (χ4v) is 3.61. The Morgan fingerprint density at radius 3 is 2.00 bits per heavy atom. The molecule has 0 amide bonds. The zero-order valence-corrected chi connectivity index (χ0v) is 8.54. The molecule has 0 aromatic heterocycles. The molecule has 13 heavy (non-hydrogen) atoms. The van der Waals surface area contributed by atoms with Crippen LogP contribution in [0.15, 0.2) is 0 Å². The molecule has 2 saturated heterocycles. The number of fused-ring (bicyclic) bond motifs is 2. The van der Waals surface area contributed by atoms with Gasteiger partial charge in [0, 0.05) is 6.61 Å². The van der Waals surface area contributed by atoms with Gasteiger partial charge in [0.2, 0.25) is 0 Å². The molecule has 0 atom stereocenters. The van der Waals surface area contributed by atoms with Gasteiger partial charge in [-0.1, -0.05) is 56.5 Å². The Hall–Kier alpha value is 0.0249. The van der Waals surface area contributed by atoms with Crippen molar-refractivity contribution in [3.63, 3.8) is 0 Å². The van der Waals surface area contributed by atoms with Crippen molar-refractivity contribution in [3.05, 3.63) is 0 Å². The summed E-state index contributed by atoms with van der Waals surface area (Å²) >= 11 is 0. The maximum absolute atomic E-state index is 8.86. The van der Waals surface area contributed by atoms with Gasteiger partial charge in [0.15, 0.2) is 0 Å². The predicted molar refractivity (Wildman–Crippen MR) is 57.5 cm³/mol. The van der Waals surface area contributed by atoms with E-state index in [-0.39, 0.29) is 0 Å². The lowest BCUT2D eigenvalue weighted by molar-refractivity contribution is 0.293. The predicted octanol–water partition coefficient (Wildman–Crippen LogP) is 2.97. The van der Waals surface area contributed by atoms with E-state index in [4.69, 9.17) is 5.11 Å². The first-order valence-corrected chi connectivity index (χ1v) is 6.02. The number of hydrogen-bond acceptors (Lipinski definition) is 1. The van der Waals surface area contributed by atoms with Crippen molar-refractivity contribution in [2.24, 2.45) is 0 Å². The lowest BCUT2D eigenvalue weighted by Crippen LogP contribution is -2.34. The van der Waals surface area contributed by atoms with Crippen LogP contribution in [0.25, 0.3) is 0 Å². The van der Waals surface area contributed by atoms with Crippen LogP contribution in [0.4, 0.5) is 0 Å². The summed E-state index contributed by atoms with van der Waals surface area (Å²) in [7, 11) is 0. The highest BCUT2D eigenvalue weighted by atomic mass is 16.2. The van der Waals surface area contributed by atoms with Gasteiger partial charge < -0.3 is 5.11 Å². The maximum atomic E-state index is 8.86. The second-order valence-corrected chi connectivity index (χ2v) is 4.91. The SMILES string of the molecule is OCCCB1C2CCCC1CCC2. The summed E-state index contributed by atoms with van der Waals surface area (Å²) in [5, 5.41) is 8.86. The molecule has 2 bridgehead atoms. The van der Waals surface area contributed by atoms with Crippen LogP contribution < -0.4 is 0 Å². The van der Waals surface area contributed by atoms with Crippen LogP contribution in [0.3, 0.4) is 0 Å². The third-order valence-corrected chi connectivity index (χ3v) is 4.21. The van der Waals surface area contributed by atoms with E-state index in [9.17, 15) is 0 Å². The molecule has 0 saturated carbocycles. The molecule has 0 aromatic rings. The molecule has 74 valence electrons. The first kappa shape index (κ1) is 9.58. The molecule has 1 nitrogen and oxygen atoms in total. The minimum atomic E-state index is 0.399. The lowest BCUT2D eigenvalue weighted by Gasteiger charge is -2.40. The van der Waals surface area contributed by atoms with Crippen molar-refractivity contribution in [2.45, 2.75) is 62.9 Å². The molecule has 2 heterocycles. The van der Waals surface area contributed by atoms with Crippen LogP contribution in [-0.2, 0) is 0 Å². The lowest BCUT2D eigenvalue weighted by atomic mass is 9.26. The second kappa shape index (κ2) is 4.50. The molecule has 2 aliphatic rings. The van der Waals surface area contributed by atoms with Crippen molar-refractivity contribution in [1.29, 1.82) is 0 Å². The number of aliphatic hydroxyl groups excluding tert-OH is 1. The van der Waals surface area contributed by atoms with Gasteiger partial charge in [0.1, 0.15) is 6.71 Å². The van der Waals surface area contributed by atoms with Gasteiger partial charge in [-0.2, -0.15) is 0 Å². The number of rotatable bonds is 3. The first-order chi connectivity index (χ1) is 6.42. The van der Waals surface area contributed by atoms with Crippen LogP contribution in [-0.4, -0.2) is 18.4 Å². The summed E-state index contributed by atoms with van der Waals surface area (Å²) in [6.45, 7) is 1.38. The van der Waals surface area contributed by atoms with E-state index in [0.717, 1.165) is 24.8 Å². The topological polar surface area (TPSA) is 20.2 Å². The van der Waals surface area contributed by atoms with E-state index < -0.39 is 0 Å². The van der Waals surface area contributed by atoms with Gasteiger partial charge in [0.05, 0.1) is 0 Å². The van der Waals surface area contributed by atoms with E-state index in [1.807, 2.05) is 0 Å². The average Bonchev–Trinajstić information content (AvgIpc) is 2.14. The van der Waals surface area contributed by atoms with Gasteiger partial charge in [-0.05, 0) is 6.42 Å². The van der Waals surface area contributed by atoms with Gasteiger partial charge in [-0.3, -0.25) is 0 Å². The standard InChI is InChI=1S/C11H21BO/c13-9-3-8-12-10-4-1-5-11(12)7-2-6-10/h10-11,13H,1-9H2. The Morgan fingerprint density at radius 2 is 1.54 bits per heavy atom. The summed E-state index contributed by atoms with van der Waals surface area (Å²) in [4.78, 5) is 0. The van der Waals surface area contributed by atoms with Crippen LogP contribution in [0.1, 0.15) is 44.9 Å². The molecule has 0 aliphatic carbocycles. The highest BCUT2D eigenvalue weighted by molar-refractivity contribution is 6.62. The Kier molecular flexibility index (Phi) is 3.31. The van der Waals surface area contributed by atoms with Gasteiger partial charge in [-0.25, -0.2) is 0 Å². The quantitative estimate of drug-likeness (QED) is 0.662. The zero-order chi connectivity index (χ0) is 9.10. The van der Waals surface area contributed by atoms with Gasteiger partial charge >= 0.3 is 0 Å². The fourth-order valence-electron chi connectivity index (χ4n) is 3.61. The fraction of sp³-hybridized carbons (Fsp3) is 1.00. The molecular formula is C11H21BO. The molecule has 0 spiro atoms. The molecule has 1 N–H and O–H groups in total. The largest absolute Gasteiger partial charge is 0.396 e. The van der Waals surface area contributed by atoms with E-state index >= 15 is 0 Å². The average molecular weight is 180 g/mol. The van der Waals surface area contributed by atoms with E-state index in [2.05, 4.69) is 0 Å².